The van der Waals surface area contributed by atoms with Crippen LogP contribution >= 0.6 is 0 Å². The van der Waals surface area contributed by atoms with Crippen LogP contribution in [0.25, 0.3) is 0 Å². The van der Waals surface area contributed by atoms with Crippen molar-refractivity contribution in [2.45, 2.75) is 57.6 Å². The first-order valence-corrected chi connectivity index (χ1v) is 7.05. The van der Waals surface area contributed by atoms with E-state index in [1.54, 1.807) is 6.33 Å². The van der Waals surface area contributed by atoms with E-state index in [0.717, 1.165) is 31.7 Å². The van der Waals surface area contributed by atoms with Gasteiger partial charge in [-0.3, -0.25) is 0 Å². The summed E-state index contributed by atoms with van der Waals surface area (Å²) < 4.78 is 5.60. The lowest BCUT2D eigenvalue weighted by Gasteiger charge is -2.19. The molecule has 0 radical (unpaired) electrons. The molecule has 4 nitrogen and oxygen atoms in total. The Hall–Kier alpha value is -1.16. The van der Waals surface area contributed by atoms with E-state index in [2.05, 4.69) is 22.2 Å². The molecule has 0 spiro atoms. The lowest BCUT2D eigenvalue weighted by atomic mass is 10.1. The predicted molar refractivity (Wildman–Crippen MR) is 70.7 cm³/mol. The molecule has 1 saturated heterocycles. The van der Waals surface area contributed by atoms with Crippen LogP contribution in [0, 0.1) is 0 Å². The van der Waals surface area contributed by atoms with Crippen molar-refractivity contribution in [1.29, 1.82) is 0 Å². The molecule has 3 rings (SSSR count). The van der Waals surface area contributed by atoms with Crippen molar-refractivity contribution in [3.05, 3.63) is 17.6 Å². The summed E-state index contributed by atoms with van der Waals surface area (Å²) in [5.41, 5.74) is 2.59. The average molecular weight is 247 g/mol. The monoisotopic (exact) mass is 247 g/mol. The van der Waals surface area contributed by atoms with E-state index in [1.807, 2.05) is 0 Å². The molecule has 2 aliphatic rings. The van der Waals surface area contributed by atoms with Gasteiger partial charge in [-0.1, -0.05) is 6.42 Å². The van der Waals surface area contributed by atoms with Crippen molar-refractivity contribution in [1.82, 2.24) is 9.97 Å². The van der Waals surface area contributed by atoms with E-state index in [-0.39, 0.29) is 6.10 Å². The summed E-state index contributed by atoms with van der Waals surface area (Å²) in [5.74, 6) is 1.05. The Kier molecular flexibility index (Phi) is 3.46. The number of nitrogens with one attached hydrogen (secondary N) is 1. The Morgan fingerprint density at radius 2 is 2.11 bits per heavy atom. The highest BCUT2D eigenvalue weighted by molar-refractivity contribution is 5.47. The minimum Gasteiger partial charge on any atom is -0.376 e. The highest BCUT2D eigenvalue weighted by Gasteiger charge is 2.25. The fourth-order valence-electron chi connectivity index (χ4n) is 2.92. The summed E-state index contributed by atoms with van der Waals surface area (Å²) >= 11 is 0. The van der Waals surface area contributed by atoms with Gasteiger partial charge in [0.25, 0.3) is 0 Å². The first-order valence-electron chi connectivity index (χ1n) is 7.05. The second-order valence-electron chi connectivity index (χ2n) is 5.32. The second-order valence-corrected chi connectivity index (χ2v) is 5.32. The molecule has 1 fully saturated rings. The van der Waals surface area contributed by atoms with Crippen molar-refractivity contribution < 1.29 is 4.74 Å². The molecule has 2 heterocycles. The second kappa shape index (κ2) is 5.22. The van der Waals surface area contributed by atoms with Crippen LogP contribution in [0.15, 0.2) is 6.33 Å². The predicted octanol–water partition coefficient (Wildman–Crippen LogP) is 2.33. The van der Waals surface area contributed by atoms with Gasteiger partial charge < -0.3 is 10.1 Å². The van der Waals surface area contributed by atoms with E-state index in [4.69, 9.17) is 4.74 Å². The van der Waals surface area contributed by atoms with Gasteiger partial charge in [-0.05, 0) is 39.0 Å². The highest BCUT2D eigenvalue weighted by Crippen LogP contribution is 2.26. The van der Waals surface area contributed by atoms with Gasteiger partial charge in [0.2, 0.25) is 0 Å². The van der Waals surface area contributed by atoms with Crippen LogP contribution in [-0.2, 0) is 17.6 Å². The molecule has 1 aromatic rings. The largest absolute Gasteiger partial charge is 0.376 e. The van der Waals surface area contributed by atoms with E-state index >= 15 is 0 Å². The molecule has 1 aliphatic heterocycles. The number of fused-ring (bicyclic) bond motifs is 1. The number of ether oxygens (including phenoxy) is 1. The maximum atomic E-state index is 5.60. The Bertz CT molecular complexity index is 422. The molecule has 2 unspecified atom stereocenters. The topological polar surface area (TPSA) is 47.0 Å². The molecule has 1 aliphatic carbocycles. The Morgan fingerprint density at radius 1 is 1.22 bits per heavy atom. The molecule has 0 bridgehead atoms. The number of hydrogen-bond acceptors (Lipinski definition) is 4. The summed E-state index contributed by atoms with van der Waals surface area (Å²) in [4.78, 5) is 8.90. The average Bonchev–Trinajstić information content (AvgIpc) is 2.66. The molecule has 98 valence electrons. The third-order valence-electron chi connectivity index (χ3n) is 4.07. The van der Waals surface area contributed by atoms with Crippen molar-refractivity contribution in [3.63, 3.8) is 0 Å². The molecular formula is C14H21N3O. The first-order chi connectivity index (χ1) is 8.84. The lowest BCUT2D eigenvalue weighted by molar-refractivity contribution is 0.121. The van der Waals surface area contributed by atoms with Gasteiger partial charge >= 0.3 is 0 Å². The van der Waals surface area contributed by atoms with Gasteiger partial charge in [-0.25, -0.2) is 9.97 Å². The van der Waals surface area contributed by atoms with E-state index in [0.29, 0.717) is 6.04 Å². The molecule has 0 aromatic carbocycles. The Morgan fingerprint density at radius 3 is 2.94 bits per heavy atom. The fourth-order valence-corrected chi connectivity index (χ4v) is 2.92. The molecule has 1 aromatic heterocycles. The molecule has 0 saturated carbocycles. The Labute approximate surface area is 108 Å². The molecular weight excluding hydrogens is 226 g/mol. The van der Waals surface area contributed by atoms with Crippen LogP contribution in [0.3, 0.4) is 0 Å². The minimum atomic E-state index is 0.279. The lowest BCUT2D eigenvalue weighted by Crippen LogP contribution is -2.28. The third kappa shape index (κ3) is 2.34. The third-order valence-corrected chi connectivity index (χ3v) is 4.07. The van der Waals surface area contributed by atoms with Gasteiger partial charge in [0.05, 0.1) is 12.1 Å². The van der Waals surface area contributed by atoms with Crippen molar-refractivity contribution in [2.24, 2.45) is 0 Å². The number of rotatable bonds is 2. The maximum Gasteiger partial charge on any atom is 0.133 e. The molecule has 1 N–H and O–H groups in total. The van der Waals surface area contributed by atoms with Crippen molar-refractivity contribution >= 4 is 5.82 Å². The van der Waals surface area contributed by atoms with Gasteiger partial charge in [0.1, 0.15) is 12.1 Å². The summed E-state index contributed by atoms with van der Waals surface area (Å²) in [5, 5.41) is 3.57. The Balaban J connectivity index is 1.83. The number of hydrogen-bond donors (Lipinski definition) is 1. The van der Waals surface area contributed by atoms with Gasteiger partial charge in [0, 0.05) is 17.9 Å². The molecule has 2 atom stereocenters. The maximum absolute atomic E-state index is 5.60. The zero-order valence-electron chi connectivity index (χ0n) is 11.0. The summed E-state index contributed by atoms with van der Waals surface area (Å²) in [6.45, 7) is 2.98. The molecule has 0 amide bonds. The normalized spacial score (nSPS) is 27.6. The highest BCUT2D eigenvalue weighted by atomic mass is 16.5. The van der Waals surface area contributed by atoms with E-state index in [1.165, 1.54) is 30.5 Å². The summed E-state index contributed by atoms with van der Waals surface area (Å²) in [7, 11) is 0. The van der Waals surface area contributed by atoms with E-state index in [9.17, 15) is 0 Å². The summed E-state index contributed by atoms with van der Waals surface area (Å²) in [6, 6.07) is 0.396. The van der Waals surface area contributed by atoms with Gasteiger partial charge in [-0.15, -0.1) is 0 Å². The number of aromatic nitrogens is 2. The fraction of sp³-hybridized carbons (Fsp3) is 0.714. The molecule has 4 heteroatoms. The van der Waals surface area contributed by atoms with Crippen LogP contribution in [0.4, 0.5) is 5.82 Å². The minimum absolute atomic E-state index is 0.279. The number of nitrogens with zero attached hydrogens (tertiary/aromatic N) is 2. The zero-order valence-corrected chi connectivity index (χ0v) is 11.0. The number of anilines is 1. The van der Waals surface area contributed by atoms with Crippen LogP contribution in [-0.4, -0.2) is 28.7 Å². The van der Waals surface area contributed by atoms with Crippen LogP contribution < -0.4 is 5.32 Å². The van der Waals surface area contributed by atoms with Gasteiger partial charge in [0.15, 0.2) is 0 Å². The first kappa shape index (κ1) is 11.9. The van der Waals surface area contributed by atoms with Crippen LogP contribution in [0.1, 0.15) is 43.9 Å². The van der Waals surface area contributed by atoms with Crippen molar-refractivity contribution in [2.75, 3.05) is 11.9 Å². The van der Waals surface area contributed by atoms with Crippen LogP contribution in [0.5, 0.6) is 0 Å². The van der Waals surface area contributed by atoms with Gasteiger partial charge in [-0.2, -0.15) is 0 Å². The summed E-state index contributed by atoms with van der Waals surface area (Å²) in [6.07, 6.45) is 9.08. The zero-order chi connectivity index (χ0) is 12.4. The van der Waals surface area contributed by atoms with Crippen LogP contribution in [0.2, 0.25) is 0 Å². The number of aryl methyl sites for hydroxylation is 1. The quantitative estimate of drug-likeness (QED) is 0.815. The van der Waals surface area contributed by atoms with E-state index < -0.39 is 0 Å². The smallest absolute Gasteiger partial charge is 0.133 e. The standard InChI is InChI=1S/C14H21N3O/c1-10-12(7-8-18-10)17-14-11-5-3-2-4-6-13(11)15-9-16-14/h9-10,12H,2-8H2,1H3,(H,15,16,17). The van der Waals surface area contributed by atoms with Crippen molar-refractivity contribution in [3.8, 4) is 0 Å². The SMILES string of the molecule is CC1OCCC1Nc1ncnc2c1CCCCC2. The molecule has 18 heavy (non-hydrogen) atoms.